The lowest BCUT2D eigenvalue weighted by Gasteiger charge is -2.17. The Kier molecular flexibility index (Phi) is 2.10. The first kappa shape index (κ1) is 9.32. The molecule has 0 unspecified atom stereocenters. The summed E-state index contributed by atoms with van der Waals surface area (Å²) < 4.78 is 5.15. The Morgan fingerprint density at radius 3 is 2.50 bits per heavy atom. The van der Waals surface area contributed by atoms with Crippen LogP contribution in [0.15, 0.2) is 35.1 Å². The number of hydrogen-bond acceptors (Lipinski definition) is 1. The molecule has 0 bridgehead atoms. The van der Waals surface area contributed by atoms with Gasteiger partial charge < -0.3 is 4.42 Å². The van der Waals surface area contributed by atoms with Gasteiger partial charge in [-0.25, -0.2) is 0 Å². The predicted molar refractivity (Wildman–Crippen MR) is 59.4 cm³/mol. The first-order chi connectivity index (χ1) is 6.54. The van der Waals surface area contributed by atoms with Gasteiger partial charge in [-0.1, -0.05) is 32.9 Å². The van der Waals surface area contributed by atoms with Crippen LogP contribution in [0.3, 0.4) is 0 Å². The maximum Gasteiger partial charge on any atom is 0.0981 e. The molecule has 1 aromatic heterocycles. The van der Waals surface area contributed by atoms with E-state index in [1.54, 1.807) is 6.26 Å². The normalized spacial score (nSPS) is 12.2. The summed E-state index contributed by atoms with van der Waals surface area (Å²) in [6, 6.07) is 6.52. The van der Waals surface area contributed by atoms with Crippen LogP contribution < -0.4 is 0 Å². The summed E-state index contributed by atoms with van der Waals surface area (Å²) in [5.74, 6) is 0. The Bertz CT molecular complexity index is 432. The summed E-state index contributed by atoms with van der Waals surface area (Å²) in [5, 5.41) is 2.38. The Morgan fingerprint density at radius 1 is 1.07 bits per heavy atom. The van der Waals surface area contributed by atoms with Gasteiger partial charge in [0.2, 0.25) is 0 Å². The van der Waals surface area contributed by atoms with Crippen LogP contribution in [-0.2, 0) is 6.42 Å². The van der Waals surface area contributed by atoms with Crippen LogP contribution in [0.25, 0.3) is 10.8 Å². The molecule has 0 amide bonds. The average Bonchev–Trinajstić information content (AvgIpc) is 2.47. The van der Waals surface area contributed by atoms with E-state index in [4.69, 9.17) is 4.42 Å². The van der Waals surface area contributed by atoms with Crippen molar-refractivity contribution in [2.75, 3.05) is 0 Å². The minimum Gasteiger partial charge on any atom is -0.471 e. The number of rotatable bonds is 1. The van der Waals surface area contributed by atoms with Gasteiger partial charge >= 0.3 is 0 Å². The van der Waals surface area contributed by atoms with Crippen molar-refractivity contribution in [2.24, 2.45) is 5.41 Å². The van der Waals surface area contributed by atoms with E-state index in [1.165, 1.54) is 16.3 Å². The second kappa shape index (κ2) is 3.16. The molecule has 1 nitrogen and oxygen atoms in total. The molecule has 2 rings (SSSR count). The first-order valence-corrected chi connectivity index (χ1v) is 4.99. The van der Waals surface area contributed by atoms with Crippen LogP contribution >= 0.6 is 0 Å². The molecular weight excluding hydrogens is 172 g/mol. The zero-order valence-electron chi connectivity index (χ0n) is 9.00. The fourth-order valence-electron chi connectivity index (χ4n) is 1.74. The molecule has 0 saturated carbocycles. The minimum absolute atomic E-state index is 0.345. The predicted octanol–water partition coefficient (Wildman–Crippen LogP) is 4.02. The maximum atomic E-state index is 5.15. The molecule has 0 spiro atoms. The first-order valence-electron chi connectivity index (χ1n) is 4.99. The van der Waals surface area contributed by atoms with Crippen LogP contribution in [0.1, 0.15) is 26.3 Å². The van der Waals surface area contributed by atoms with E-state index < -0.39 is 0 Å². The van der Waals surface area contributed by atoms with Crippen LogP contribution in [-0.4, -0.2) is 0 Å². The van der Waals surface area contributed by atoms with Gasteiger partial charge in [0.25, 0.3) is 0 Å². The highest BCUT2D eigenvalue weighted by Crippen LogP contribution is 2.23. The van der Waals surface area contributed by atoms with E-state index >= 15 is 0 Å². The Morgan fingerprint density at radius 2 is 1.79 bits per heavy atom. The van der Waals surface area contributed by atoms with E-state index in [0.29, 0.717) is 5.41 Å². The molecular formula is C13H16O. The molecule has 14 heavy (non-hydrogen) atoms. The highest BCUT2D eigenvalue weighted by Gasteiger charge is 2.11. The van der Waals surface area contributed by atoms with E-state index in [0.717, 1.165) is 6.42 Å². The molecule has 1 heteroatoms. The van der Waals surface area contributed by atoms with Crippen LogP contribution in [0.2, 0.25) is 0 Å². The highest BCUT2D eigenvalue weighted by molar-refractivity contribution is 5.81. The standard InChI is InChI=1S/C13H16O/c1-13(2,3)7-10-4-5-11-8-14-9-12(11)6-10/h4-6,8-9H,7H2,1-3H3. The molecule has 0 fully saturated rings. The van der Waals surface area contributed by atoms with E-state index in [2.05, 4.69) is 39.0 Å². The summed E-state index contributed by atoms with van der Waals surface area (Å²) >= 11 is 0. The fraction of sp³-hybridized carbons (Fsp3) is 0.385. The summed E-state index contributed by atoms with van der Waals surface area (Å²) in [4.78, 5) is 0. The van der Waals surface area contributed by atoms with Gasteiger partial charge in [-0.2, -0.15) is 0 Å². The molecule has 0 saturated heterocycles. The molecule has 0 aliphatic heterocycles. The third kappa shape index (κ3) is 1.98. The summed E-state index contributed by atoms with van der Waals surface area (Å²) in [5.41, 5.74) is 1.73. The highest BCUT2D eigenvalue weighted by atomic mass is 16.3. The van der Waals surface area contributed by atoms with Crippen molar-refractivity contribution >= 4 is 10.8 Å². The Balaban J connectivity index is 2.35. The van der Waals surface area contributed by atoms with E-state index in [9.17, 15) is 0 Å². The molecule has 0 N–H and O–H groups in total. The van der Waals surface area contributed by atoms with Gasteiger partial charge in [0.15, 0.2) is 0 Å². The number of furan rings is 1. The summed E-state index contributed by atoms with van der Waals surface area (Å²) in [7, 11) is 0. The van der Waals surface area contributed by atoms with Gasteiger partial charge in [0, 0.05) is 10.8 Å². The quantitative estimate of drug-likeness (QED) is 0.658. The van der Waals surface area contributed by atoms with Gasteiger partial charge in [-0.05, 0) is 23.5 Å². The molecule has 74 valence electrons. The minimum atomic E-state index is 0.345. The van der Waals surface area contributed by atoms with Crippen molar-refractivity contribution in [1.82, 2.24) is 0 Å². The van der Waals surface area contributed by atoms with Crippen LogP contribution in [0.5, 0.6) is 0 Å². The van der Waals surface area contributed by atoms with Gasteiger partial charge in [0.1, 0.15) is 0 Å². The third-order valence-corrected chi connectivity index (χ3v) is 2.28. The van der Waals surface area contributed by atoms with Crippen molar-refractivity contribution in [3.05, 3.63) is 36.3 Å². The monoisotopic (exact) mass is 188 g/mol. The van der Waals surface area contributed by atoms with Crippen molar-refractivity contribution in [3.63, 3.8) is 0 Å². The lowest BCUT2D eigenvalue weighted by molar-refractivity contribution is 0.411. The summed E-state index contributed by atoms with van der Waals surface area (Å²) in [6.45, 7) is 6.77. The van der Waals surface area contributed by atoms with E-state index in [-0.39, 0.29) is 0 Å². The molecule has 2 aromatic rings. The topological polar surface area (TPSA) is 13.1 Å². The molecule has 0 aliphatic rings. The van der Waals surface area contributed by atoms with Crippen molar-refractivity contribution in [3.8, 4) is 0 Å². The lowest BCUT2D eigenvalue weighted by Crippen LogP contribution is -2.08. The molecule has 0 radical (unpaired) electrons. The largest absolute Gasteiger partial charge is 0.471 e. The number of fused-ring (bicyclic) bond motifs is 1. The van der Waals surface area contributed by atoms with Gasteiger partial charge in [0.05, 0.1) is 12.5 Å². The van der Waals surface area contributed by atoms with Crippen LogP contribution in [0.4, 0.5) is 0 Å². The average molecular weight is 188 g/mol. The Labute approximate surface area is 84.7 Å². The Hall–Kier alpha value is -1.24. The SMILES string of the molecule is CC(C)(C)Cc1ccc2cocc2c1. The van der Waals surface area contributed by atoms with Crippen molar-refractivity contribution < 1.29 is 4.42 Å². The fourth-order valence-corrected chi connectivity index (χ4v) is 1.74. The number of benzene rings is 1. The third-order valence-electron chi connectivity index (χ3n) is 2.28. The molecule has 1 heterocycles. The molecule has 1 aromatic carbocycles. The second-order valence-corrected chi connectivity index (χ2v) is 5.07. The zero-order chi connectivity index (χ0) is 10.2. The van der Waals surface area contributed by atoms with Crippen LogP contribution in [0, 0.1) is 5.41 Å². The second-order valence-electron chi connectivity index (χ2n) is 5.07. The number of hydrogen-bond donors (Lipinski definition) is 0. The molecule has 0 atom stereocenters. The maximum absolute atomic E-state index is 5.15. The van der Waals surface area contributed by atoms with Gasteiger partial charge in [-0.15, -0.1) is 0 Å². The lowest BCUT2D eigenvalue weighted by atomic mass is 9.88. The van der Waals surface area contributed by atoms with Gasteiger partial charge in [-0.3, -0.25) is 0 Å². The molecule has 0 aliphatic carbocycles. The summed E-state index contributed by atoms with van der Waals surface area (Å²) in [6.07, 6.45) is 4.70. The smallest absolute Gasteiger partial charge is 0.0981 e. The zero-order valence-corrected chi connectivity index (χ0v) is 9.00. The van der Waals surface area contributed by atoms with E-state index in [1.807, 2.05) is 6.26 Å². The van der Waals surface area contributed by atoms with Crippen molar-refractivity contribution in [2.45, 2.75) is 27.2 Å². The van der Waals surface area contributed by atoms with Crippen molar-refractivity contribution in [1.29, 1.82) is 0 Å².